The van der Waals surface area contributed by atoms with E-state index in [2.05, 4.69) is 11.9 Å². The van der Waals surface area contributed by atoms with Crippen LogP contribution < -0.4 is 10.4 Å². The van der Waals surface area contributed by atoms with Crippen molar-refractivity contribution in [3.63, 3.8) is 0 Å². The molecular weight excluding hydrogens is 276 g/mol. The molecule has 3 rings (SSSR count). The summed E-state index contributed by atoms with van der Waals surface area (Å²) in [4.78, 5) is 15.1. The van der Waals surface area contributed by atoms with Gasteiger partial charge in [0, 0.05) is 0 Å². The molecule has 0 radical (unpaired) electrons. The normalized spacial score (nSPS) is 11.0. The van der Waals surface area contributed by atoms with Gasteiger partial charge in [-0.1, -0.05) is 19.4 Å². The number of nitrogens with one attached hydrogen (secondary N) is 1. The fourth-order valence-electron chi connectivity index (χ4n) is 2.51. The van der Waals surface area contributed by atoms with Crippen molar-refractivity contribution in [3.8, 4) is 11.4 Å². The summed E-state index contributed by atoms with van der Waals surface area (Å²) in [7, 11) is 0. The van der Waals surface area contributed by atoms with Gasteiger partial charge in [0.25, 0.3) is 0 Å². The molecular formula is C18H20N2O2. The third kappa shape index (κ3) is 2.77. The van der Waals surface area contributed by atoms with E-state index < -0.39 is 0 Å². The summed E-state index contributed by atoms with van der Waals surface area (Å²) in [5, 5.41) is 0. The Kier molecular flexibility index (Phi) is 4.00. The molecule has 0 saturated carbocycles. The first-order valence-electron chi connectivity index (χ1n) is 7.63. The van der Waals surface area contributed by atoms with Gasteiger partial charge in [-0.2, -0.15) is 0 Å². The molecule has 1 aromatic heterocycles. The van der Waals surface area contributed by atoms with E-state index >= 15 is 0 Å². The number of ether oxygens (including phenoxy) is 1. The fourth-order valence-corrected chi connectivity index (χ4v) is 2.51. The van der Waals surface area contributed by atoms with E-state index in [-0.39, 0.29) is 5.69 Å². The van der Waals surface area contributed by atoms with Crippen molar-refractivity contribution < 1.29 is 4.74 Å². The number of aromatic nitrogens is 2. The average molecular weight is 296 g/mol. The summed E-state index contributed by atoms with van der Waals surface area (Å²) in [5.74, 6) is 0.834. The first-order chi connectivity index (χ1) is 10.7. The van der Waals surface area contributed by atoms with Crippen LogP contribution in [0.4, 0.5) is 0 Å². The fraction of sp³-hybridized carbons (Fsp3) is 0.278. The molecule has 4 nitrogen and oxygen atoms in total. The Labute approximate surface area is 129 Å². The van der Waals surface area contributed by atoms with Crippen LogP contribution in [0.2, 0.25) is 0 Å². The van der Waals surface area contributed by atoms with Crippen LogP contribution in [0.1, 0.15) is 25.3 Å². The maximum absolute atomic E-state index is 12.2. The lowest BCUT2D eigenvalue weighted by molar-refractivity contribution is 0.309. The van der Waals surface area contributed by atoms with Crippen LogP contribution in [0.25, 0.3) is 16.7 Å². The highest BCUT2D eigenvalue weighted by atomic mass is 16.5. The molecule has 0 aliphatic carbocycles. The first kappa shape index (κ1) is 14.4. The van der Waals surface area contributed by atoms with E-state index in [4.69, 9.17) is 4.74 Å². The van der Waals surface area contributed by atoms with Gasteiger partial charge in [-0.3, -0.25) is 4.57 Å². The maximum atomic E-state index is 12.2. The van der Waals surface area contributed by atoms with E-state index in [9.17, 15) is 4.79 Å². The number of hydrogen-bond donors (Lipinski definition) is 1. The standard InChI is InChI=1S/C18H20N2O2/c1-3-4-11-22-15-8-6-14(7-9-15)20-17-10-5-13(2)12-16(17)19-18(20)21/h5-10,12H,3-4,11H2,1-2H3,(H,19,21). The zero-order valence-electron chi connectivity index (χ0n) is 12.9. The number of hydrogen-bond acceptors (Lipinski definition) is 2. The lowest BCUT2D eigenvalue weighted by Crippen LogP contribution is -2.14. The largest absolute Gasteiger partial charge is 0.494 e. The van der Waals surface area contributed by atoms with Gasteiger partial charge in [-0.25, -0.2) is 4.79 Å². The van der Waals surface area contributed by atoms with Gasteiger partial charge < -0.3 is 9.72 Å². The van der Waals surface area contributed by atoms with Gasteiger partial charge >= 0.3 is 5.69 Å². The van der Waals surface area contributed by atoms with E-state index in [0.717, 1.165) is 47.5 Å². The van der Waals surface area contributed by atoms with E-state index in [1.54, 1.807) is 4.57 Å². The summed E-state index contributed by atoms with van der Waals surface area (Å²) >= 11 is 0. The Hall–Kier alpha value is -2.49. The van der Waals surface area contributed by atoms with E-state index in [0.29, 0.717) is 0 Å². The van der Waals surface area contributed by atoms with Crippen LogP contribution in [0, 0.1) is 6.92 Å². The van der Waals surface area contributed by atoms with Gasteiger partial charge in [0.1, 0.15) is 5.75 Å². The predicted octanol–water partition coefficient (Wildman–Crippen LogP) is 3.81. The number of aromatic amines is 1. The highest BCUT2D eigenvalue weighted by molar-refractivity contribution is 5.78. The number of unbranched alkanes of at least 4 members (excludes halogenated alkanes) is 1. The molecule has 0 spiro atoms. The van der Waals surface area contributed by atoms with Crippen LogP contribution in [-0.2, 0) is 0 Å². The summed E-state index contributed by atoms with van der Waals surface area (Å²) < 4.78 is 7.34. The molecule has 22 heavy (non-hydrogen) atoms. The predicted molar refractivity (Wildman–Crippen MR) is 89.0 cm³/mol. The quantitative estimate of drug-likeness (QED) is 0.728. The average Bonchev–Trinajstić information content (AvgIpc) is 2.83. The van der Waals surface area contributed by atoms with Crippen LogP contribution in [0.3, 0.4) is 0 Å². The molecule has 3 aromatic rings. The molecule has 1 N–H and O–H groups in total. The summed E-state index contributed by atoms with van der Waals surface area (Å²) in [5.41, 5.74) is 3.58. The zero-order chi connectivity index (χ0) is 15.5. The van der Waals surface area contributed by atoms with Crippen LogP contribution in [-0.4, -0.2) is 16.2 Å². The molecule has 0 aliphatic rings. The molecule has 0 amide bonds. The monoisotopic (exact) mass is 296 g/mol. The number of rotatable bonds is 5. The van der Waals surface area contributed by atoms with Crippen molar-refractivity contribution in [1.29, 1.82) is 0 Å². The minimum absolute atomic E-state index is 0.125. The Morgan fingerprint density at radius 1 is 1.14 bits per heavy atom. The SMILES string of the molecule is CCCCOc1ccc(-n2c(=O)[nH]c3cc(C)ccc32)cc1. The Morgan fingerprint density at radius 2 is 1.91 bits per heavy atom. The second-order valence-electron chi connectivity index (χ2n) is 5.48. The van der Waals surface area contributed by atoms with Gasteiger partial charge in [0.2, 0.25) is 0 Å². The minimum atomic E-state index is -0.125. The van der Waals surface area contributed by atoms with Crippen LogP contribution >= 0.6 is 0 Å². The molecule has 2 aromatic carbocycles. The summed E-state index contributed by atoms with van der Waals surface area (Å²) in [6.07, 6.45) is 2.16. The third-order valence-corrected chi connectivity index (χ3v) is 3.70. The van der Waals surface area contributed by atoms with Crippen molar-refractivity contribution >= 4 is 11.0 Å². The molecule has 4 heteroatoms. The Bertz CT molecular complexity index is 828. The highest BCUT2D eigenvalue weighted by Gasteiger charge is 2.08. The summed E-state index contributed by atoms with van der Waals surface area (Å²) in [6, 6.07) is 13.6. The molecule has 0 atom stereocenters. The molecule has 0 unspecified atom stereocenters. The second kappa shape index (κ2) is 6.10. The molecule has 0 aliphatic heterocycles. The number of benzene rings is 2. The number of imidazole rings is 1. The molecule has 0 fully saturated rings. The number of fused-ring (bicyclic) bond motifs is 1. The molecule has 0 bridgehead atoms. The first-order valence-corrected chi connectivity index (χ1v) is 7.63. The maximum Gasteiger partial charge on any atom is 0.331 e. The smallest absolute Gasteiger partial charge is 0.331 e. The lowest BCUT2D eigenvalue weighted by atomic mass is 10.2. The Morgan fingerprint density at radius 3 is 2.64 bits per heavy atom. The molecule has 114 valence electrons. The van der Waals surface area contributed by atoms with Gasteiger partial charge in [-0.15, -0.1) is 0 Å². The van der Waals surface area contributed by atoms with Crippen molar-refractivity contribution in [2.45, 2.75) is 26.7 Å². The van der Waals surface area contributed by atoms with Crippen LogP contribution in [0.15, 0.2) is 47.3 Å². The van der Waals surface area contributed by atoms with E-state index in [1.165, 1.54) is 0 Å². The molecule has 1 heterocycles. The van der Waals surface area contributed by atoms with Crippen molar-refractivity contribution in [2.75, 3.05) is 6.61 Å². The Balaban J connectivity index is 1.94. The van der Waals surface area contributed by atoms with Gasteiger partial charge in [-0.05, 0) is 55.3 Å². The third-order valence-electron chi connectivity index (χ3n) is 3.70. The van der Waals surface area contributed by atoms with Gasteiger partial charge in [0.15, 0.2) is 0 Å². The van der Waals surface area contributed by atoms with Crippen molar-refractivity contribution in [1.82, 2.24) is 9.55 Å². The second-order valence-corrected chi connectivity index (χ2v) is 5.48. The number of aryl methyl sites for hydroxylation is 1. The number of nitrogens with zero attached hydrogens (tertiary/aromatic N) is 1. The topological polar surface area (TPSA) is 47.0 Å². The van der Waals surface area contributed by atoms with Crippen LogP contribution in [0.5, 0.6) is 5.75 Å². The molecule has 0 saturated heterocycles. The minimum Gasteiger partial charge on any atom is -0.494 e. The zero-order valence-corrected chi connectivity index (χ0v) is 12.9. The van der Waals surface area contributed by atoms with Gasteiger partial charge in [0.05, 0.1) is 23.3 Å². The summed E-state index contributed by atoms with van der Waals surface area (Å²) in [6.45, 7) is 4.87. The van der Waals surface area contributed by atoms with E-state index in [1.807, 2.05) is 49.4 Å². The number of H-pyrrole nitrogens is 1. The van der Waals surface area contributed by atoms with Crippen molar-refractivity contribution in [2.24, 2.45) is 0 Å². The van der Waals surface area contributed by atoms with Crippen molar-refractivity contribution in [3.05, 3.63) is 58.5 Å². The lowest BCUT2D eigenvalue weighted by Gasteiger charge is -2.07. The highest BCUT2D eigenvalue weighted by Crippen LogP contribution is 2.19.